The number of carboxylic acids is 1. The Morgan fingerprint density at radius 1 is 1.39 bits per heavy atom. The molecule has 0 aromatic carbocycles. The standard InChI is InChI=1S/C10H9N5O3/c16-8(17)6-15-5-1-2-7(15)9(18)13-10-11-3-4-12-14-10/h1-5H,6H2,(H,16,17)(H,11,13,14,18). The molecule has 8 nitrogen and oxygen atoms in total. The van der Waals surface area contributed by atoms with Crippen LogP contribution >= 0.6 is 0 Å². The number of hydrogen-bond acceptors (Lipinski definition) is 5. The molecule has 0 aliphatic carbocycles. The SMILES string of the molecule is O=C(O)Cn1cccc1C(=O)Nc1nccnn1. The topological polar surface area (TPSA) is 110 Å². The summed E-state index contributed by atoms with van der Waals surface area (Å²) in [4.78, 5) is 26.2. The number of carbonyl (C=O) groups is 2. The van der Waals surface area contributed by atoms with Gasteiger partial charge in [-0.1, -0.05) is 0 Å². The molecule has 8 heteroatoms. The van der Waals surface area contributed by atoms with E-state index >= 15 is 0 Å². The summed E-state index contributed by atoms with van der Waals surface area (Å²) in [6.45, 7) is -0.288. The van der Waals surface area contributed by atoms with E-state index in [2.05, 4.69) is 20.5 Å². The molecule has 2 heterocycles. The lowest BCUT2D eigenvalue weighted by atomic mass is 10.4. The van der Waals surface area contributed by atoms with Gasteiger partial charge in [-0.3, -0.25) is 14.9 Å². The molecule has 2 aromatic rings. The van der Waals surface area contributed by atoms with Gasteiger partial charge in [0.1, 0.15) is 12.2 Å². The molecule has 0 unspecified atom stereocenters. The van der Waals surface area contributed by atoms with E-state index in [4.69, 9.17) is 5.11 Å². The Hall–Kier alpha value is -2.77. The summed E-state index contributed by atoms with van der Waals surface area (Å²) in [6.07, 6.45) is 4.27. The van der Waals surface area contributed by atoms with Crippen LogP contribution in [0.2, 0.25) is 0 Å². The maximum Gasteiger partial charge on any atom is 0.323 e. The highest BCUT2D eigenvalue weighted by atomic mass is 16.4. The number of nitrogens with zero attached hydrogens (tertiary/aromatic N) is 4. The van der Waals surface area contributed by atoms with Gasteiger partial charge in [0.2, 0.25) is 5.95 Å². The number of carbonyl (C=O) groups excluding carboxylic acids is 1. The summed E-state index contributed by atoms with van der Waals surface area (Å²) in [5, 5.41) is 18.3. The van der Waals surface area contributed by atoms with Gasteiger partial charge in [-0.15, -0.1) is 5.10 Å². The number of aromatic nitrogens is 4. The van der Waals surface area contributed by atoms with Crippen molar-refractivity contribution in [3.05, 3.63) is 36.4 Å². The van der Waals surface area contributed by atoms with Crippen molar-refractivity contribution in [2.45, 2.75) is 6.54 Å². The molecule has 0 aliphatic rings. The van der Waals surface area contributed by atoms with Crippen molar-refractivity contribution in [3.63, 3.8) is 0 Å². The predicted molar refractivity (Wildman–Crippen MR) is 59.8 cm³/mol. The summed E-state index contributed by atoms with van der Waals surface area (Å²) in [5.41, 5.74) is 0.213. The molecule has 0 saturated carbocycles. The van der Waals surface area contributed by atoms with Gasteiger partial charge in [0.25, 0.3) is 5.91 Å². The van der Waals surface area contributed by atoms with Gasteiger partial charge < -0.3 is 9.67 Å². The van der Waals surface area contributed by atoms with Crippen LogP contribution in [0.1, 0.15) is 10.5 Å². The predicted octanol–water partition coefficient (Wildman–Crippen LogP) is 0.01000. The molecule has 0 fully saturated rings. The maximum absolute atomic E-state index is 11.8. The first-order valence-corrected chi connectivity index (χ1v) is 4.99. The minimum Gasteiger partial charge on any atom is -0.480 e. The van der Waals surface area contributed by atoms with Crippen LogP contribution in [0.4, 0.5) is 5.95 Å². The van der Waals surface area contributed by atoms with Crippen LogP contribution in [-0.2, 0) is 11.3 Å². The molecule has 92 valence electrons. The molecule has 2 rings (SSSR count). The fourth-order valence-electron chi connectivity index (χ4n) is 1.37. The van der Waals surface area contributed by atoms with Crippen molar-refractivity contribution in [2.75, 3.05) is 5.32 Å². The third-order valence-corrected chi connectivity index (χ3v) is 2.08. The molecule has 0 radical (unpaired) electrons. The molecule has 0 aliphatic heterocycles. The maximum atomic E-state index is 11.8. The van der Waals surface area contributed by atoms with Crippen molar-refractivity contribution in [1.29, 1.82) is 0 Å². The third-order valence-electron chi connectivity index (χ3n) is 2.08. The van der Waals surface area contributed by atoms with E-state index in [-0.39, 0.29) is 18.2 Å². The third kappa shape index (κ3) is 2.67. The molecule has 1 amide bonds. The highest BCUT2D eigenvalue weighted by molar-refractivity contribution is 6.02. The normalized spacial score (nSPS) is 10.0. The number of carboxylic acid groups (broad SMARTS) is 1. The van der Waals surface area contributed by atoms with Gasteiger partial charge in [0.15, 0.2) is 0 Å². The van der Waals surface area contributed by atoms with E-state index in [1.807, 2.05) is 0 Å². The average Bonchev–Trinajstić information content (AvgIpc) is 2.77. The summed E-state index contributed by atoms with van der Waals surface area (Å²) < 4.78 is 1.31. The van der Waals surface area contributed by atoms with E-state index in [0.29, 0.717) is 0 Å². The Bertz CT molecular complexity index is 566. The summed E-state index contributed by atoms with van der Waals surface area (Å²) in [5.74, 6) is -1.46. The molecule has 0 saturated heterocycles. The first kappa shape index (κ1) is 11.7. The second-order valence-corrected chi connectivity index (χ2v) is 3.34. The molecule has 0 atom stereocenters. The minimum atomic E-state index is -1.03. The van der Waals surface area contributed by atoms with Crippen molar-refractivity contribution in [2.24, 2.45) is 0 Å². The van der Waals surface area contributed by atoms with E-state index in [9.17, 15) is 9.59 Å². The molecule has 0 spiro atoms. The van der Waals surface area contributed by atoms with Crippen LogP contribution in [-0.4, -0.2) is 36.7 Å². The Balaban J connectivity index is 2.14. The second kappa shape index (κ2) is 5.04. The lowest BCUT2D eigenvalue weighted by Crippen LogP contribution is -2.20. The monoisotopic (exact) mass is 247 g/mol. The Kier molecular flexibility index (Phi) is 3.28. The summed E-state index contributed by atoms with van der Waals surface area (Å²) >= 11 is 0. The Labute approximate surface area is 101 Å². The number of nitrogens with one attached hydrogen (secondary N) is 1. The lowest BCUT2D eigenvalue weighted by molar-refractivity contribution is -0.137. The number of rotatable bonds is 4. The van der Waals surface area contributed by atoms with Gasteiger partial charge >= 0.3 is 5.97 Å². The highest BCUT2D eigenvalue weighted by Gasteiger charge is 2.13. The quantitative estimate of drug-likeness (QED) is 0.787. The number of amides is 1. The van der Waals surface area contributed by atoms with Crippen LogP contribution in [0.15, 0.2) is 30.7 Å². The molecule has 2 aromatic heterocycles. The van der Waals surface area contributed by atoms with E-state index in [1.54, 1.807) is 6.07 Å². The van der Waals surface area contributed by atoms with Crippen molar-refractivity contribution in [1.82, 2.24) is 19.7 Å². The van der Waals surface area contributed by atoms with Crippen LogP contribution < -0.4 is 5.32 Å². The lowest BCUT2D eigenvalue weighted by Gasteiger charge is -2.06. The van der Waals surface area contributed by atoms with Crippen LogP contribution in [0, 0.1) is 0 Å². The fraction of sp³-hybridized carbons (Fsp3) is 0.100. The fourth-order valence-corrected chi connectivity index (χ4v) is 1.37. The van der Waals surface area contributed by atoms with E-state index < -0.39 is 11.9 Å². The average molecular weight is 247 g/mol. The van der Waals surface area contributed by atoms with Gasteiger partial charge in [-0.25, -0.2) is 4.98 Å². The Morgan fingerprint density at radius 3 is 2.89 bits per heavy atom. The molecular formula is C10H9N5O3. The second-order valence-electron chi connectivity index (χ2n) is 3.34. The van der Waals surface area contributed by atoms with E-state index in [0.717, 1.165) is 0 Å². The zero-order valence-electron chi connectivity index (χ0n) is 9.15. The van der Waals surface area contributed by atoms with Crippen LogP contribution in [0.25, 0.3) is 0 Å². The molecule has 0 bridgehead atoms. The number of aliphatic carboxylic acids is 1. The zero-order valence-corrected chi connectivity index (χ0v) is 9.15. The highest BCUT2D eigenvalue weighted by Crippen LogP contribution is 2.05. The van der Waals surface area contributed by atoms with Crippen LogP contribution in [0.3, 0.4) is 0 Å². The molecule has 18 heavy (non-hydrogen) atoms. The molecule has 2 N–H and O–H groups in total. The molecular weight excluding hydrogens is 238 g/mol. The minimum absolute atomic E-state index is 0.0607. The zero-order chi connectivity index (χ0) is 13.0. The van der Waals surface area contributed by atoms with Crippen molar-refractivity contribution >= 4 is 17.8 Å². The first-order chi connectivity index (χ1) is 8.66. The number of anilines is 1. The summed E-state index contributed by atoms with van der Waals surface area (Å²) in [7, 11) is 0. The summed E-state index contributed by atoms with van der Waals surface area (Å²) in [6, 6.07) is 3.09. The van der Waals surface area contributed by atoms with Gasteiger partial charge in [-0.2, -0.15) is 5.10 Å². The van der Waals surface area contributed by atoms with Gasteiger partial charge in [0, 0.05) is 6.20 Å². The van der Waals surface area contributed by atoms with Crippen LogP contribution in [0.5, 0.6) is 0 Å². The van der Waals surface area contributed by atoms with E-state index in [1.165, 1.54) is 29.2 Å². The van der Waals surface area contributed by atoms with Crippen molar-refractivity contribution < 1.29 is 14.7 Å². The Morgan fingerprint density at radius 2 is 2.22 bits per heavy atom. The van der Waals surface area contributed by atoms with Gasteiger partial charge in [0.05, 0.1) is 12.4 Å². The van der Waals surface area contributed by atoms with Crippen molar-refractivity contribution in [3.8, 4) is 0 Å². The van der Waals surface area contributed by atoms with Gasteiger partial charge in [-0.05, 0) is 12.1 Å². The largest absolute Gasteiger partial charge is 0.480 e. The smallest absolute Gasteiger partial charge is 0.323 e. The number of hydrogen-bond donors (Lipinski definition) is 2. The first-order valence-electron chi connectivity index (χ1n) is 4.99.